The molecule has 2 aromatic rings. The number of hydrogen-bond donors (Lipinski definition) is 2. The van der Waals surface area contributed by atoms with Gasteiger partial charge in [0.25, 0.3) is 10.1 Å². The molecular formula is C21H28O5S. The maximum absolute atomic E-state index is 11.5. The van der Waals surface area contributed by atoms with Crippen molar-refractivity contribution in [2.75, 3.05) is 0 Å². The summed E-state index contributed by atoms with van der Waals surface area (Å²) in [7, 11) is -4.25. The number of ether oxygens (including phenoxy) is 1. The molecule has 0 unspecified atom stereocenters. The zero-order chi connectivity index (χ0) is 19.7. The average molecular weight is 393 g/mol. The predicted octanol–water partition coefficient (Wildman–Crippen LogP) is 5.72. The summed E-state index contributed by atoms with van der Waals surface area (Å²) in [4.78, 5) is -0.126. The van der Waals surface area contributed by atoms with Crippen molar-refractivity contribution in [2.45, 2.75) is 63.2 Å². The average Bonchev–Trinajstić information content (AvgIpc) is 2.63. The quantitative estimate of drug-likeness (QED) is 0.377. The van der Waals surface area contributed by atoms with Gasteiger partial charge in [0, 0.05) is 0 Å². The lowest BCUT2D eigenvalue weighted by molar-refractivity contribution is 0.459. The van der Waals surface area contributed by atoms with Gasteiger partial charge < -0.3 is 9.84 Å². The molecule has 0 amide bonds. The number of phenols is 1. The second kappa shape index (κ2) is 10.3. The Bertz CT molecular complexity index is 813. The lowest BCUT2D eigenvalue weighted by Gasteiger charge is -2.13. The number of aromatic hydroxyl groups is 1. The highest BCUT2D eigenvalue weighted by atomic mass is 32.2. The van der Waals surface area contributed by atoms with Crippen LogP contribution in [0.25, 0.3) is 0 Å². The number of aryl methyl sites for hydroxylation is 1. The van der Waals surface area contributed by atoms with Crippen molar-refractivity contribution in [1.82, 2.24) is 0 Å². The van der Waals surface area contributed by atoms with E-state index in [9.17, 15) is 18.1 Å². The van der Waals surface area contributed by atoms with E-state index in [2.05, 4.69) is 6.92 Å². The van der Waals surface area contributed by atoms with Crippen LogP contribution in [-0.4, -0.2) is 18.1 Å². The molecule has 0 heterocycles. The topological polar surface area (TPSA) is 83.8 Å². The van der Waals surface area contributed by atoms with Crippen molar-refractivity contribution in [3.8, 4) is 17.2 Å². The van der Waals surface area contributed by atoms with Crippen molar-refractivity contribution in [2.24, 2.45) is 0 Å². The molecule has 0 fully saturated rings. The molecule has 0 aliphatic carbocycles. The van der Waals surface area contributed by atoms with Crippen molar-refractivity contribution < 1.29 is 22.8 Å². The Morgan fingerprint density at radius 3 is 2.15 bits per heavy atom. The molecule has 0 bridgehead atoms. The Balaban J connectivity index is 2.07. The zero-order valence-electron chi connectivity index (χ0n) is 15.7. The molecule has 0 saturated carbocycles. The molecule has 2 rings (SSSR count). The maximum atomic E-state index is 11.5. The first-order valence-corrected chi connectivity index (χ1v) is 10.9. The Hall–Kier alpha value is -2.05. The summed E-state index contributed by atoms with van der Waals surface area (Å²) >= 11 is 0. The third kappa shape index (κ3) is 7.23. The summed E-state index contributed by atoms with van der Waals surface area (Å²) in [6, 6.07) is 10.7. The molecule has 27 heavy (non-hydrogen) atoms. The van der Waals surface area contributed by atoms with Gasteiger partial charge in [0.05, 0.1) is 4.90 Å². The van der Waals surface area contributed by atoms with Crippen LogP contribution in [0.3, 0.4) is 0 Å². The third-order valence-electron chi connectivity index (χ3n) is 4.44. The van der Waals surface area contributed by atoms with Gasteiger partial charge in [-0.25, -0.2) is 0 Å². The van der Waals surface area contributed by atoms with Crippen LogP contribution in [0, 0.1) is 0 Å². The van der Waals surface area contributed by atoms with Crippen LogP contribution >= 0.6 is 0 Å². The number of hydrogen-bond acceptors (Lipinski definition) is 4. The van der Waals surface area contributed by atoms with Crippen LogP contribution < -0.4 is 4.74 Å². The van der Waals surface area contributed by atoms with Crippen molar-refractivity contribution in [3.05, 3.63) is 48.0 Å². The van der Waals surface area contributed by atoms with Crippen LogP contribution in [0.15, 0.2) is 47.4 Å². The van der Waals surface area contributed by atoms with E-state index in [1.165, 1.54) is 49.9 Å². The minimum absolute atomic E-state index is 0.126. The highest BCUT2D eigenvalue weighted by Crippen LogP contribution is 2.30. The highest BCUT2D eigenvalue weighted by molar-refractivity contribution is 7.85. The summed E-state index contributed by atoms with van der Waals surface area (Å²) in [5.41, 5.74) is 0.742. The van der Waals surface area contributed by atoms with Gasteiger partial charge in [-0.3, -0.25) is 4.55 Å². The molecule has 5 nitrogen and oxygen atoms in total. The number of rotatable bonds is 11. The lowest BCUT2D eigenvalue weighted by atomic mass is 10.0. The third-order valence-corrected chi connectivity index (χ3v) is 5.29. The van der Waals surface area contributed by atoms with E-state index in [0.29, 0.717) is 17.9 Å². The van der Waals surface area contributed by atoms with Crippen LogP contribution in [0.4, 0.5) is 0 Å². The summed E-state index contributed by atoms with van der Waals surface area (Å²) < 4.78 is 38.1. The first-order chi connectivity index (χ1) is 12.9. The summed E-state index contributed by atoms with van der Waals surface area (Å²) in [6.07, 6.45) is 8.78. The summed E-state index contributed by atoms with van der Waals surface area (Å²) in [6.45, 7) is 2.19. The molecule has 2 aromatic carbocycles. The Morgan fingerprint density at radius 1 is 0.889 bits per heavy atom. The number of benzene rings is 2. The van der Waals surface area contributed by atoms with E-state index in [4.69, 9.17) is 4.74 Å². The molecule has 0 saturated heterocycles. The Morgan fingerprint density at radius 2 is 1.52 bits per heavy atom. The minimum atomic E-state index is -4.25. The molecule has 2 N–H and O–H groups in total. The Labute approximate surface area is 161 Å². The fourth-order valence-electron chi connectivity index (χ4n) is 2.92. The molecule has 0 atom stereocenters. The maximum Gasteiger partial charge on any atom is 0.294 e. The fourth-order valence-corrected chi connectivity index (χ4v) is 3.46. The minimum Gasteiger partial charge on any atom is -0.508 e. The van der Waals surface area contributed by atoms with E-state index in [1.54, 1.807) is 18.2 Å². The molecule has 6 heteroatoms. The predicted molar refractivity (Wildman–Crippen MR) is 106 cm³/mol. The van der Waals surface area contributed by atoms with Crippen LogP contribution in [0.5, 0.6) is 17.2 Å². The van der Waals surface area contributed by atoms with Gasteiger partial charge in [-0.1, -0.05) is 45.4 Å². The number of unbranched alkanes of at least 4 members (excludes halogenated alkanes) is 6. The van der Waals surface area contributed by atoms with Crippen molar-refractivity contribution >= 4 is 10.1 Å². The molecule has 0 aliphatic heterocycles. The van der Waals surface area contributed by atoms with Gasteiger partial charge >= 0.3 is 0 Å². The molecule has 0 aromatic heterocycles. The van der Waals surface area contributed by atoms with Crippen LogP contribution in [0.2, 0.25) is 0 Å². The molecule has 148 valence electrons. The molecule has 0 aliphatic rings. The van der Waals surface area contributed by atoms with E-state index in [-0.39, 0.29) is 10.6 Å². The van der Waals surface area contributed by atoms with E-state index < -0.39 is 10.1 Å². The zero-order valence-corrected chi connectivity index (χ0v) is 16.5. The second-order valence-corrected chi connectivity index (χ2v) is 8.13. The van der Waals surface area contributed by atoms with Crippen LogP contribution in [-0.2, 0) is 16.5 Å². The number of phenolic OH excluding ortho intramolecular Hbond substituents is 1. The van der Waals surface area contributed by atoms with Crippen molar-refractivity contribution in [1.29, 1.82) is 0 Å². The highest BCUT2D eigenvalue weighted by Gasteiger charge is 2.14. The van der Waals surface area contributed by atoms with Gasteiger partial charge in [0.2, 0.25) is 0 Å². The van der Waals surface area contributed by atoms with Gasteiger partial charge in [-0.2, -0.15) is 8.42 Å². The largest absolute Gasteiger partial charge is 0.508 e. The van der Waals surface area contributed by atoms with Crippen LogP contribution in [0.1, 0.15) is 57.4 Å². The van der Waals surface area contributed by atoms with E-state index in [0.717, 1.165) is 24.8 Å². The van der Waals surface area contributed by atoms with Crippen molar-refractivity contribution in [3.63, 3.8) is 0 Å². The van der Waals surface area contributed by atoms with Gasteiger partial charge in [-0.15, -0.1) is 0 Å². The van der Waals surface area contributed by atoms with Gasteiger partial charge in [-0.05, 0) is 60.9 Å². The second-order valence-electron chi connectivity index (χ2n) is 6.71. The Kier molecular flexibility index (Phi) is 8.13. The standard InChI is InChI=1S/C21H28O5S/c1-2-3-4-5-6-7-8-9-17-16-20(27(23,24)25)14-15-21(17)26-19-12-10-18(22)11-13-19/h10-16,22H,2-9H2,1H3,(H,23,24,25). The lowest BCUT2D eigenvalue weighted by Crippen LogP contribution is -2.01. The van der Waals surface area contributed by atoms with E-state index in [1.807, 2.05) is 0 Å². The smallest absolute Gasteiger partial charge is 0.294 e. The first kappa shape index (κ1) is 21.3. The summed E-state index contributed by atoms with van der Waals surface area (Å²) in [5.74, 6) is 1.25. The summed E-state index contributed by atoms with van der Waals surface area (Å²) in [5, 5.41) is 9.37. The SMILES string of the molecule is CCCCCCCCCc1cc(S(=O)(=O)O)ccc1Oc1ccc(O)cc1. The molecule has 0 radical (unpaired) electrons. The van der Waals surface area contributed by atoms with E-state index >= 15 is 0 Å². The van der Waals surface area contributed by atoms with Gasteiger partial charge in [0.15, 0.2) is 0 Å². The first-order valence-electron chi connectivity index (χ1n) is 9.47. The fraction of sp³-hybridized carbons (Fsp3) is 0.429. The monoisotopic (exact) mass is 392 g/mol. The molecular weight excluding hydrogens is 364 g/mol. The van der Waals surface area contributed by atoms with Gasteiger partial charge in [0.1, 0.15) is 17.2 Å². The molecule has 0 spiro atoms. The normalized spacial score (nSPS) is 11.5.